The average Bonchev–Trinajstić information content (AvgIpc) is 2.54. The molecule has 0 atom stereocenters. The van der Waals surface area contributed by atoms with Crippen molar-refractivity contribution in [2.75, 3.05) is 26.3 Å². The van der Waals surface area contributed by atoms with Crippen molar-refractivity contribution in [2.45, 2.75) is 13.0 Å². The highest BCUT2D eigenvalue weighted by atomic mass is 16.5. The molecule has 1 N–H and O–H groups in total. The van der Waals surface area contributed by atoms with Crippen molar-refractivity contribution in [3.8, 4) is 5.75 Å². The summed E-state index contributed by atoms with van der Waals surface area (Å²) in [5, 5.41) is 9.03. The first-order chi connectivity index (χ1) is 10.4. The van der Waals surface area contributed by atoms with Gasteiger partial charge in [-0.25, -0.2) is 0 Å². The molecule has 0 radical (unpaired) electrons. The third-order valence-corrected chi connectivity index (χ3v) is 3.30. The first kappa shape index (κ1) is 15.5. The summed E-state index contributed by atoms with van der Waals surface area (Å²) in [5.74, 6) is 0.902. The van der Waals surface area contributed by atoms with Gasteiger partial charge in [0.1, 0.15) is 12.4 Å². The molecular weight excluding hydrogens is 262 g/mol. The van der Waals surface area contributed by atoms with Crippen molar-refractivity contribution < 1.29 is 9.84 Å². The van der Waals surface area contributed by atoms with Gasteiger partial charge in [0.15, 0.2) is 0 Å². The molecule has 2 rings (SSSR count). The predicted molar refractivity (Wildman–Crippen MR) is 85.4 cm³/mol. The van der Waals surface area contributed by atoms with Crippen LogP contribution in [0.1, 0.15) is 12.0 Å². The monoisotopic (exact) mass is 285 g/mol. The summed E-state index contributed by atoms with van der Waals surface area (Å²) in [6, 6.07) is 20.3. The molecule has 0 bridgehead atoms. The molecule has 0 fully saturated rings. The third-order valence-electron chi connectivity index (χ3n) is 3.30. The van der Waals surface area contributed by atoms with E-state index in [9.17, 15) is 0 Å². The number of benzene rings is 2. The molecule has 0 saturated carbocycles. The van der Waals surface area contributed by atoms with Crippen molar-refractivity contribution in [2.24, 2.45) is 0 Å². The van der Waals surface area contributed by atoms with Crippen LogP contribution in [-0.2, 0) is 6.54 Å². The molecule has 0 spiro atoms. The second-order valence-corrected chi connectivity index (χ2v) is 5.00. The zero-order valence-electron chi connectivity index (χ0n) is 12.3. The number of para-hydroxylation sites is 1. The van der Waals surface area contributed by atoms with Gasteiger partial charge in [-0.15, -0.1) is 0 Å². The number of ether oxygens (including phenoxy) is 1. The summed E-state index contributed by atoms with van der Waals surface area (Å²) in [6.07, 6.45) is 0.790. The highest BCUT2D eigenvalue weighted by Gasteiger charge is 2.06. The quantitative estimate of drug-likeness (QED) is 0.769. The van der Waals surface area contributed by atoms with Crippen LogP contribution in [0.5, 0.6) is 5.75 Å². The van der Waals surface area contributed by atoms with E-state index in [-0.39, 0.29) is 6.61 Å². The van der Waals surface area contributed by atoms with Crippen LogP contribution in [0.15, 0.2) is 60.7 Å². The second-order valence-electron chi connectivity index (χ2n) is 5.00. The summed E-state index contributed by atoms with van der Waals surface area (Å²) in [6.45, 7) is 3.50. The van der Waals surface area contributed by atoms with Gasteiger partial charge in [-0.3, -0.25) is 4.90 Å². The smallest absolute Gasteiger partial charge is 0.119 e. The Labute approximate surface area is 126 Å². The largest absolute Gasteiger partial charge is 0.492 e. The molecular formula is C18H23NO2. The Bertz CT molecular complexity index is 487. The zero-order valence-corrected chi connectivity index (χ0v) is 12.3. The lowest BCUT2D eigenvalue weighted by atomic mass is 10.2. The van der Waals surface area contributed by atoms with Crippen molar-refractivity contribution in [1.82, 2.24) is 4.90 Å². The molecule has 0 amide bonds. The Morgan fingerprint density at radius 3 is 2.19 bits per heavy atom. The average molecular weight is 285 g/mol. The molecule has 0 saturated heterocycles. The van der Waals surface area contributed by atoms with Crippen LogP contribution < -0.4 is 4.74 Å². The molecule has 0 aliphatic heterocycles. The summed E-state index contributed by atoms with van der Waals surface area (Å²) in [5.41, 5.74) is 1.29. The lowest BCUT2D eigenvalue weighted by molar-refractivity contribution is 0.183. The number of nitrogens with zero attached hydrogens (tertiary/aromatic N) is 1. The molecule has 2 aromatic rings. The van der Waals surface area contributed by atoms with Gasteiger partial charge in [-0.1, -0.05) is 48.5 Å². The molecule has 3 nitrogen and oxygen atoms in total. The first-order valence-corrected chi connectivity index (χ1v) is 7.43. The predicted octanol–water partition coefficient (Wildman–Crippen LogP) is 2.95. The van der Waals surface area contributed by atoms with Crippen LogP contribution in [0.2, 0.25) is 0 Å². The van der Waals surface area contributed by atoms with E-state index in [4.69, 9.17) is 9.84 Å². The molecule has 2 aromatic carbocycles. The van der Waals surface area contributed by atoms with Crippen LogP contribution in [0.3, 0.4) is 0 Å². The van der Waals surface area contributed by atoms with E-state index in [0.29, 0.717) is 6.61 Å². The number of hydrogen-bond donors (Lipinski definition) is 1. The van der Waals surface area contributed by atoms with Gasteiger partial charge in [0.2, 0.25) is 0 Å². The van der Waals surface area contributed by atoms with Gasteiger partial charge in [-0.2, -0.15) is 0 Å². The molecule has 0 heterocycles. The Morgan fingerprint density at radius 1 is 0.857 bits per heavy atom. The molecule has 112 valence electrons. The summed E-state index contributed by atoms with van der Waals surface area (Å²) in [7, 11) is 0. The molecule has 0 aromatic heterocycles. The van der Waals surface area contributed by atoms with Crippen LogP contribution in [-0.4, -0.2) is 36.3 Å². The van der Waals surface area contributed by atoms with Gasteiger partial charge in [0, 0.05) is 26.2 Å². The van der Waals surface area contributed by atoms with Crippen molar-refractivity contribution >= 4 is 0 Å². The van der Waals surface area contributed by atoms with Gasteiger partial charge < -0.3 is 9.84 Å². The maximum atomic E-state index is 9.03. The Hall–Kier alpha value is -1.84. The van der Waals surface area contributed by atoms with Gasteiger partial charge in [0.05, 0.1) is 0 Å². The first-order valence-electron chi connectivity index (χ1n) is 7.43. The zero-order chi connectivity index (χ0) is 14.8. The van der Waals surface area contributed by atoms with E-state index >= 15 is 0 Å². The normalized spacial score (nSPS) is 10.8. The van der Waals surface area contributed by atoms with E-state index in [1.54, 1.807) is 0 Å². The molecule has 0 aliphatic rings. The highest BCUT2D eigenvalue weighted by Crippen LogP contribution is 2.09. The van der Waals surface area contributed by atoms with Crippen molar-refractivity contribution in [3.63, 3.8) is 0 Å². The minimum Gasteiger partial charge on any atom is -0.492 e. The van der Waals surface area contributed by atoms with E-state index in [1.807, 2.05) is 36.4 Å². The molecule has 3 heteroatoms. The third kappa shape index (κ3) is 5.98. The number of hydrogen-bond acceptors (Lipinski definition) is 3. The SMILES string of the molecule is OCCCN(CCOc1ccccc1)Cc1ccccc1. The Balaban J connectivity index is 1.81. The fourth-order valence-electron chi connectivity index (χ4n) is 2.22. The summed E-state index contributed by atoms with van der Waals surface area (Å²) < 4.78 is 5.75. The standard InChI is InChI=1S/C18H23NO2/c20-14-7-12-19(16-17-8-3-1-4-9-17)13-15-21-18-10-5-2-6-11-18/h1-6,8-11,20H,7,12-16H2. The fraction of sp³-hybridized carbons (Fsp3) is 0.333. The summed E-state index contributed by atoms with van der Waals surface area (Å²) in [4.78, 5) is 2.31. The van der Waals surface area contributed by atoms with Crippen molar-refractivity contribution in [3.05, 3.63) is 66.2 Å². The molecule has 21 heavy (non-hydrogen) atoms. The van der Waals surface area contributed by atoms with Gasteiger partial charge >= 0.3 is 0 Å². The van der Waals surface area contributed by atoms with E-state index in [1.165, 1.54) is 5.56 Å². The summed E-state index contributed by atoms with van der Waals surface area (Å²) >= 11 is 0. The van der Waals surface area contributed by atoms with E-state index in [2.05, 4.69) is 29.2 Å². The van der Waals surface area contributed by atoms with E-state index < -0.39 is 0 Å². The maximum absolute atomic E-state index is 9.03. The number of aliphatic hydroxyl groups is 1. The number of rotatable bonds is 9. The number of aliphatic hydroxyl groups excluding tert-OH is 1. The van der Waals surface area contributed by atoms with E-state index in [0.717, 1.165) is 31.8 Å². The minimum atomic E-state index is 0.227. The van der Waals surface area contributed by atoms with Crippen LogP contribution in [0.4, 0.5) is 0 Å². The lowest BCUT2D eigenvalue weighted by Crippen LogP contribution is -2.29. The van der Waals surface area contributed by atoms with Gasteiger partial charge in [-0.05, 0) is 24.1 Å². The topological polar surface area (TPSA) is 32.7 Å². The van der Waals surface area contributed by atoms with Crippen LogP contribution >= 0.6 is 0 Å². The lowest BCUT2D eigenvalue weighted by Gasteiger charge is -2.22. The van der Waals surface area contributed by atoms with Gasteiger partial charge in [0.25, 0.3) is 0 Å². The highest BCUT2D eigenvalue weighted by molar-refractivity contribution is 5.20. The van der Waals surface area contributed by atoms with Crippen LogP contribution in [0.25, 0.3) is 0 Å². The fourth-order valence-corrected chi connectivity index (χ4v) is 2.22. The Morgan fingerprint density at radius 2 is 1.52 bits per heavy atom. The minimum absolute atomic E-state index is 0.227. The maximum Gasteiger partial charge on any atom is 0.119 e. The van der Waals surface area contributed by atoms with Crippen LogP contribution in [0, 0.1) is 0 Å². The van der Waals surface area contributed by atoms with Crippen molar-refractivity contribution in [1.29, 1.82) is 0 Å². The second kappa shape index (κ2) is 9.16. The molecule has 0 unspecified atom stereocenters. The Kier molecular flexibility index (Phi) is 6.78. The molecule has 0 aliphatic carbocycles.